The molecule has 0 aromatic carbocycles. The average molecular weight is 285 g/mol. The SMILES string of the molecule is CNc1ncnc(N(C)Cc2cccc(C)n2)c1C(C)C. The predicted octanol–water partition coefficient (Wildman–Crippen LogP) is 2.98. The summed E-state index contributed by atoms with van der Waals surface area (Å²) in [5.41, 5.74) is 3.20. The van der Waals surface area contributed by atoms with Gasteiger partial charge in [0, 0.05) is 25.4 Å². The number of rotatable bonds is 5. The molecule has 2 rings (SSSR count). The van der Waals surface area contributed by atoms with Crippen LogP contribution in [0.5, 0.6) is 0 Å². The number of aromatic nitrogens is 3. The molecule has 0 spiro atoms. The van der Waals surface area contributed by atoms with Crippen molar-refractivity contribution in [1.29, 1.82) is 0 Å². The maximum atomic E-state index is 4.56. The summed E-state index contributed by atoms with van der Waals surface area (Å²) in [6, 6.07) is 6.08. The number of hydrogen-bond donors (Lipinski definition) is 1. The van der Waals surface area contributed by atoms with Crippen LogP contribution >= 0.6 is 0 Å². The highest BCUT2D eigenvalue weighted by atomic mass is 15.2. The fourth-order valence-corrected chi connectivity index (χ4v) is 2.43. The van der Waals surface area contributed by atoms with Gasteiger partial charge in [0.05, 0.1) is 12.2 Å². The fourth-order valence-electron chi connectivity index (χ4n) is 2.43. The Bertz CT molecular complexity index is 609. The van der Waals surface area contributed by atoms with Gasteiger partial charge in [-0.2, -0.15) is 0 Å². The number of nitrogens with one attached hydrogen (secondary N) is 1. The van der Waals surface area contributed by atoms with Gasteiger partial charge in [0.2, 0.25) is 0 Å². The van der Waals surface area contributed by atoms with Crippen LogP contribution in [-0.4, -0.2) is 29.0 Å². The number of anilines is 2. The lowest BCUT2D eigenvalue weighted by Crippen LogP contribution is -2.21. The molecule has 0 fully saturated rings. The second kappa shape index (κ2) is 6.52. The molecule has 0 aliphatic heterocycles. The van der Waals surface area contributed by atoms with Crippen molar-refractivity contribution in [2.24, 2.45) is 0 Å². The van der Waals surface area contributed by atoms with Crippen molar-refractivity contribution >= 4 is 11.6 Å². The minimum Gasteiger partial charge on any atom is -0.373 e. The Morgan fingerprint density at radius 2 is 2.00 bits per heavy atom. The summed E-state index contributed by atoms with van der Waals surface area (Å²) in [7, 11) is 3.93. The third-order valence-corrected chi connectivity index (χ3v) is 3.38. The van der Waals surface area contributed by atoms with Gasteiger partial charge in [-0.3, -0.25) is 4.98 Å². The molecule has 5 heteroatoms. The summed E-state index contributed by atoms with van der Waals surface area (Å²) in [5.74, 6) is 2.18. The normalized spacial score (nSPS) is 10.8. The predicted molar refractivity (Wildman–Crippen MR) is 86.7 cm³/mol. The second-order valence-electron chi connectivity index (χ2n) is 5.49. The van der Waals surface area contributed by atoms with Crippen molar-refractivity contribution in [2.45, 2.75) is 33.2 Å². The van der Waals surface area contributed by atoms with Gasteiger partial charge in [0.1, 0.15) is 18.0 Å². The second-order valence-corrected chi connectivity index (χ2v) is 5.49. The summed E-state index contributed by atoms with van der Waals surface area (Å²) < 4.78 is 0. The molecule has 0 saturated carbocycles. The standard InChI is InChI=1S/C16H23N5/c1-11(2)14-15(17-4)18-10-19-16(14)21(5)9-13-8-6-7-12(3)20-13/h6-8,10-11H,9H2,1-5H3,(H,17,18,19). The van der Waals surface area contributed by atoms with Crippen LogP contribution in [0, 0.1) is 6.92 Å². The molecule has 0 aliphatic rings. The topological polar surface area (TPSA) is 53.9 Å². The first-order valence-corrected chi connectivity index (χ1v) is 7.19. The molecule has 2 aromatic rings. The van der Waals surface area contributed by atoms with Crippen LogP contribution < -0.4 is 10.2 Å². The van der Waals surface area contributed by atoms with Crippen molar-refractivity contribution in [2.75, 3.05) is 24.3 Å². The molecule has 5 nitrogen and oxygen atoms in total. The Balaban J connectivity index is 2.32. The van der Waals surface area contributed by atoms with E-state index in [0.717, 1.165) is 35.1 Å². The molecule has 0 saturated heterocycles. The first kappa shape index (κ1) is 15.2. The molecule has 0 radical (unpaired) electrons. The maximum Gasteiger partial charge on any atom is 0.137 e. The van der Waals surface area contributed by atoms with E-state index in [4.69, 9.17) is 0 Å². The van der Waals surface area contributed by atoms with Gasteiger partial charge in [-0.1, -0.05) is 19.9 Å². The summed E-state index contributed by atoms with van der Waals surface area (Å²) >= 11 is 0. The summed E-state index contributed by atoms with van der Waals surface area (Å²) in [4.78, 5) is 15.5. The van der Waals surface area contributed by atoms with Gasteiger partial charge in [0.25, 0.3) is 0 Å². The smallest absolute Gasteiger partial charge is 0.137 e. The van der Waals surface area contributed by atoms with Gasteiger partial charge in [0.15, 0.2) is 0 Å². The van der Waals surface area contributed by atoms with E-state index in [1.807, 2.05) is 39.2 Å². The summed E-state index contributed by atoms with van der Waals surface area (Å²) in [6.07, 6.45) is 1.60. The Labute approximate surface area is 126 Å². The van der Waals surface area contributed by atoms with Crippen molar-refractivity contribution in [3.8, 4) is 0 Å². The van der Waals surface area contributed by atoms with Crippen LogP contribution in [-0.2, 0) is 6.54 Å². The van der Waals surface area contributed by atoms with E-state index in [0.29, 0.717) is 5.92 Å². The van der Waals surface area contributed by atoms with Crippen molar-refractivity contribution < 1.29 is 0 Å². The zero-order valence-electron chi connectivity index (χ0n) is 13.4. The summed E-state index contributed by atoms with van der Waals surface area (Å²) in [6.45, 7) is 7.04. The minimum absolute atomic E-state index is 0.344. The third kappa shape index (κ3) is 3.48. The van der Waals surface area contributed by atoms with Crippen molar-refractivity contribution in [3.63, 3.8) is 0 Å². The van der Waals surface area contributed by atoms with Crippen LogP contribution in [0.1, 0.15) is 36.7 Å². The molecule has 0 atom stereocenters. The van der Waals surface area contributed by atoms with Gasteiger partial charge in [-0.25, -0.2) is 9.97 Å². The summed E-state index contributed by atoms with van der Waals surface area (Å²) in [5, 5.41) is 3.15. The quantitative estimate of drug-likeness (QED) is 0.915. The highest BCUT2D eigenvalue weighted by Crippen LogP contribution is 2.30. The van der Waals surface area contributed by atoms with Crippen molar-refractivity contribution in [1.82, 2.24) is 15.0 Å². The van der Waals surface area contributed by atoms with Gasteiger partial charge >= 0.3 is 0 Å². The lowest BCUT2D eigenvalue weighted by molar-refractivity contribution is 0.799. The first-order chi connectivity index (χ1) is 10.0. The van der Waals surface area contributed by atoms with Crippen LogP contribution in [0.15, 0.2) is 24.5 Å². The number of nitrogens with zero attached hydrogens (tertiary/aromatic N) is 4. The first-order valence-electron chi connectivity index (χ1n) is 7.19. The van der Waals surface area contributed by atoms with E-state index in [-0.39, 0.29) is 0 Å². The molecule has 2 heterocycles. The molecule has 0 aliphatic carbocycles. The van der Waals surface area contributed by atoms with Gasteiger partial charge in [-0.05, 0) is 25.0 Å². The molecular weight excluding hydrogens is 262 g/mol. The van der Waals surface area contributed by atoms with Crippen molar-refractivity contribution in [3.05, 3.63) is 41.5 Å². The highest BCUT2D eigenvalue weighted by Gasteiger charge is 2.17. The van der Waals surface area contributed by atoms with Gasteiger partial charge in [-0.15, -0.1) is 0 Å². The molecule has 112 valence electrons. The molecular formula is C16H23N5. The Morgan fingerprint density at radius 3 is 2.62 bits per heavy atom. The monoisotopic (exact) mass is 285 g/mol. The lowest BCUT2D eigenvalue weighted by atomic mass is 10.0. The fraction of sp³-hybridized carbons (Fsp3) is 0.438. The van der Waals surface area contributed by atoms with E-state index in [2.05, 4.69) is 39.0 Å². The van der Waals surface area contributed by atoms with Crippen LogP contribution in [0.3, 0.4) is 0 Å². The number of aryl methyl sites for hydroxylation is 1. The van der Waals surface area contributed by atoms with E-state index < -0.39 is 0 Å². The van der Waals surface area contributed by atoms with E-state index in [1.165, 1.54) is 0 Å². The minimum atomic E-state index is 0.344. The molecule has 1 N–H and O–H groups in total. The maximum absolute atomic E-state index is 4.56. The van der Waals surface area contributed by atoms with E-state index in [1.54, 1.807) is 6.33 Å². The lowest BCUT2D eigenvalue weighted by Gasteiger charge is -2.23. The highest BCUT2D eigenvalue weighted by molar-refractivity contribution is 5.59. The third-order valence-electron chi connectivity index (χ3n) is 3.38. The number of pyridine rings is 1. The zero-order valence-corrected chi connectivity index (χ0v) is 13.4. The largest absolute Gasteiger partial charge is 0.373 e. The average Bonchev–Trinajstić information content (AvgIpc) is 2.46. The molecule has 0 amide bonds. The van der Waals surface area contributed by atoms with Crippen LogP contribution in [0.25, 0.3) is 0 Å². The Hall–Kier alpha value is -2.17. The molecule has 21 heavy (non-hydrogen) atoms. The Kier molecular flexibility index (Phi) is 4.73. The zero-order chi connectivity index (χ0) is 15.4. The van der Waals surface area contributed by atoms with Crippen LogP contribution in [0.4, 0.5) is 11.6 Å². The van der Waals surface area contributed by atoms with E-state index in [9.17, 15) is 0 Å². The number of hydrogen-bond acceptors (Lipinski definition) is 5. The van der Waals surface area contributed by atoms with Crippen LogP contribution in [0.2, 0.25) is 0 Å². The molecule has 0 unspecified atom stereocenters. The van der Waals surface area contributed by atoms with E-state index >= 15 is 0 Å². The molecule has 2 aromatic heterocycles. The van der Waals surface area contributed by atoms with Gasteiger partial charge < -0.3 is 10.2 Å². The molecule has 0 bridgehead atoms. The Morgan fingerprint density at radius 1 is 1.24 bits per heavy atom.